The molecule has 4 nitrogen and oxygen atoms in total. The molecule has 0 bridgehead atoms. The maximum absolute atomic E-state index is 6.12. The van der Waals surface area contributed by atoms with Gasteiger partial charge in [0.25, 0.3) is 0 Å². The highest BCUT2D eigenvalue weighted by molar-refractivity contribution is 5.66. The van der Waals surface area contributed by atoms with Crippen molar-refractivity contribution in [3.8, 4) is 0 Å². The van der Waals surface area contributed by atoms with Gasteiger partial charge in [0.05, 0.1) is 11.4 Å². The molecule has 1 saturated heterocycles. The van der Waals surface area contributed by atoms with Crippen LogP contribution in [0.4, 0.5) is 11.5 Å². The van der Waals surface area contributed by atoms with E-state index in [2.05, 4.69) is 23.8 Å². The number of nitrogen functional groups attached to an aromatic ring is 1. The first-order valence-electron chi connectivity index (χ1n) is 6.08. The summed E-state index contributed by atoms with van der Waals surface area (Å²) in [6.45, 7) is 7.66. The Balaban J connectivity index is 2.35. The first-order chi connectivity index (χ1) is 7.52. The zero-order valence-electron chi connectivity index (χ0n) is 10.7. The van der Waals surface area contributed by atoms with Crippen LogP contribution in [0.25, 0.3) is 0 Å². The van der Waals surface area contributed by atoms with E-state index < -0.39 is 0 Å². The third kappa shape index (κ3) is 1.66. The van der Waals surface area contributed by atoms with Crippen LogP contribution in [0.1, 0.15) is 32.4 Å². The van der Waals surface area contributed by atoms with Gasteiger partial charge in [0.15, 0.2) is 5.82 Å². The molecule has 1 aromatic heterocycles. The quantitative estimate of drug-likeness (QED) is 0.790. The largest absolute Gasteiger partial charge is 0.394 e. The van der Waals surface area contributed by atoms with E-state index in [9.17, 15) is 0 Å². The lowest BCUT2D eigenvalue weighted by atomic mass is 9.92. The fraction of sp³-hybridized carbons (Fsp3) is 0.750. The van der Waals surface area contributed by atoms with Gasteiger partial charge in [-0.15, -0.1) is 0 Å². The fourth-order valence-electron chi connectivity index (χ4n) is 2.64. The molecule has 0 saturated carbocycles. The molecule has 2 N–H and O–H groups in total. The van der Waals surface area contributed by atoms with E-state index in [1.165, 1.54) is 12.8 Å². The number of anilines is 2. The van der Waals surface area contributed by atoms with Crippen molar-refractivity contribution in [3.63, 3.8) is 0 Å². The summed E-state index contributed by atoms with van der Waals surface area (Å²) in [7, 11) is 1.98. The monoisotopic (exact) mass is 222 g/mol. The third-order valence-electron chi connectivity index (χ3n) is 3.88. The highest BCUT2D eigenvalue weighted by Crippen LogP contribution is 2.33. The molecular weight excluding hydrogens is 200 g/mol. The summed E-state index contributed by atoms with van der Waals surface area (Å²) < 4.78 is 1.92. The van der Waals surface area contributed by atoms with Crippen LogP contribution in [0.15, 0.2) is 0 Å². The lowest BCUT2D eigenvalue weighted by Gasteiger charge is -2.39. The van der Waals surface area contributed by atoms with Crippen molar-refractivity contribution in [3.05, 3.63) is 5.69 Å². The molecule has 2 atom stereocenters. The van der Waals surface area contributed by atoms with Gasteiger partial charge in [-0.05, 0) is 32.6 Å². The van der Waals surface area contributed by atoms with Crippen molar-refractivity contribution in [1.82, 2.24) is 9.78 Å². The Morgan fingerprint density at radius 3 is 2.62 bits per heavy atom. The third-order valence-corrected chi connectivity index (χ3v) is 3.88. The SMILES string of the molecule is Cc1nn(C)c(N2CCCC(C)C2C)c1N. The molecule has 0 aliphatic carbocycles. The van der Waals surface area contributed by atoms with Gasteiger partial charge < -0.3 is 10.6 Å². The lowest BCUT2D eigenvalue weighted by Crippen LogP contribution is -2.43. The lowest BCUT2D eigenvalue weighted by molar-refractivity contribution is 0.359. The van der Waals surface area contributed by atoms with Crippen molar-refractivity contribution in [2.45, 2.75) is 39.7 Å². The Labute approximate surface area is 97.4 Å². The summed E-state index contributed by atoms with van der Waals surface area (Å²) in [5.74, 6) is 1.82. The molecule has 0 amide bonds. The minimum atomic E-state index is 0.547. The minimum absolute atomic E-state index is 0.547. The molecule has 1 aliphatic heterocycles. The van der Waals surface area contributed by atoms with E-state index in [4.69, 9.17) is 5.73 Å². The van der Waals surface area contributed by atoms with Crippen LogP contribution in [0, 0.1) is 12.8 Å². The van der Waals surface area contributed by atoms with E-state index in [1.807, 2.05) is 18.7 Å². The maximum atomic E-state index is 6.12. The van der Waals surface area contributed by atoms with Crippen LogP contribution in [-0.4, -0.2) is 22.4 Å². The summed E-state index contributed by atoms with van der Waals surface area (Å²) in [6, 6.07) is 0.547. The number of piperidine rings is 1. The van der Waals surface area contributed by atoms with Crippen LogP contribution >= 0.6 is 0 Å². The highest BCUT2D eigenvalue weighted by Gasteiger charge is 2.28. The van der Waals surface area contributed by atoms with E-state index in [-0.39, 0.29) is 0 Å². The number of rotatable bonds is 1. The predicted molar refractivity (Wildman–Crippen MR) is 67.6 cm³/mol. The Bertz CT molecular complexity index is 383. The second-order valence-electron chi connectivity index (χ2n) is 5.00. The van der Waals surface area contributed by atoms with Gasteiger partial charge in [0.2, 0.25) is 0 Å². The minimum Gasteiger partial charge on any atom is -0.394 e. The first-order valence-corrected chi connectivity index (χ1v) is 6.08. The summed E-state index contributed by atoms with van der Waals surface area (Å²) >= 11 is 0. The molecular formula is C12H22N4. The van der Waals surface area contributed by atoms with E-state index >= 15 is 0 Å². The van der Waals surface area contributed by atoms with Gasteiger partial charge in [0.1, 0.15) is 0 Å². The number of nitrogens with zero attached hydrogens (tertiary/aromatic N) is 3. The normalized spacial score (nSPS) is 26.1. The molecule has 2 heterocycles. The predicted octanol–water partition coefficient (Wildman–Crippen LogP) is 1.94. The molecule has 1 fully saturated rings. The maximum Gasteiger partial charge on any atom is 0.150 e. The van der Waals surface area contributed by atoms with Crippen molar-refractivity contribution in [2.75, 3.05) is 17.2 Å². The van der Waals surface area contributed by atoms with Crippen LogP contribution in [0.5, 0.6) is 0 Å². The van der Waals surface area contributed by atoms with Gasteiger partial charge in [-0.3, -0.25) is 4.68 Å². The highest BCUT2D eigenvalue weighted by atomic mass is 15.4. The first kappa shape index (κ1) is 11.3. The number of nitrogens with two attached hydrogens (primary N) is 1. The summed E-state index contributed by atoms with van der Waals surface area (Å²) in [6.07, 6.45) is 2.56. The number of hydrogen-bond donors (Lipinski definition) is 1. The molecule has 2 rings (SSSR count). The molecule has 0 aromatic carbocycles. The van der Waals surface area contributed by atoms with Crippen molar-refractivity contribution < 1.29 is 0 Å². The van der Waals surface area contributed by atoms with Gasteiger partial charge >= 0.3 is 0 Å². The second kappa shape index (κ2) is 4.00. The second-order valence-corrected chi connectivity index (χ2v) is 5.00. The standard InChI is InChI=1S/C12H22N4/c1-8-6-5-7-16(10(8)3)12-11(13)9(2)14-15(12)4/h8,10H,5-7,13H2,1-4H3. The number of hydrogen-bond acceptors (Lipinski definition) is 3. The smallest absolute Gasteiger partial charge is 0.150 e. The average molecular weight is 222 g/mol. The van der Waals surface area contributed by atoms with Crippen LogP contribution < -0.4 is 10.6 Å². The Hall–Kier alpha value is -1.19. The summed E-state index contributed by atoms with van der Waals surface area (Å²) in [5, 5.41) is 4.40. The number of aryl methyl sites for hydroxylation is 2. The van der Waals surface area contributed by atoms with E-state index in [0.29, 0.717) is 6.04 Å². The number of aromatic nitrogens is 2. The molecule has 16 heavy (non-hydrogen) atoms. The van der Waals surface area contributed by atoms with Crippen LogP contribution in [-0.2, 0) is 7.05 Å². The Kier molecular flexibility index (Phi) is 2.82. The summed E-state index contributed by atoms with van der Waals surface area (Å²) in [5.41, 5.74) is 7.89. The topological polar surface area (TPSA) is 47.1 Å². The zero-order valence-corrected chi connectivity index (χ0v) is 10.7. The molecule has 0 spiro atoms. The Morgan fingerprint density at radius 1 is 1.38 bits per heavy atom. The Morgan fingerprint density at radius 2 is 2.06 bits per heavy atom. The van der Waals surface area contributed by atoms with Crippen molar-refractivity contribution in [1.29, 1.82) is 0 Å². The van der Waals surface area contributed by atoms with Crippen LogP contribution in [0.3, 0.4) is 0 Å². The molecule has 90 valence electrons. The van der Waals surface area contributed by atoms with Crippen molar-refractivity contribution >= 4 is 11.5 Å². The summed E-state index contributed by atoms with van der Waals surface area (Å²) in [4.78, 5) is 2.41. The zero-order chi connectivity index (χ0) is 11.9. The molecule has 4 heteroatoms. The van der Waals surface area contributed by atoms with Crippen LogP contribution in [0.2, 0.25) is 0 Å². The van der Waals surface area contributed by atoms with Gasteiger partial charge in [-0.2, -0.15) is 5.10 Å². The van der Waals surface area contributed by atoms with Gasteiger partial charge in [0, 0.05) is 19.6 Å². The molecule has 1 aliphatic rings. The fourth-order valence-corrected chi connectivity index (χ4v) is 2.64. The van der Waals surface area contributed by atoms with Gasteiger partial charge in [-0.25, -0.2) is 0 Å². The molecule has 0 radical (unpaired) electrons. The molecule has 2 unspecified atom stereocenters. The van der Waals surface area contributed by atoms with E-state index in [1.54, 1.807) is 0 Å². The van der Waals surface area contributed by atoms with E-state index in [0.717, 1.165) is 29.7 Å². The average Bonchev–Trinajstić information content (AvgIpc) is 2.47. The van der Waals surface area contributed by atoms with Gasteiger partial charge in [-0.1, -0.05) is 6.92 Å². The van der Waals surface area contributed by atoms with Crippen molar-refractivity contribution in [2.24, 2.45) is 13.0 Å². The molecule has 1 aromatic rings.